The van der Waals surface area contributed by atoms with Gasteiger partial charge >= 0.3 is 0 Å². The molecular formula is C23H14N7OS+. The summed E-state index contributed by atoms with van der Waals surface area (Å²) in [6.07, 6.45) is 3.52. The molecule has 3 rings (SSSR count). The Morgan fingerprint density at radius 2 is 1.50 bits per heavy atom. The summed E-state index contributed by atoms with van der Waals surface area (Å²) in [5, 5.41) is 38.1. The molecule has 0 bridgehead atoms. The van der Waals surface area contributed by atoms with Crippen molar-refractivity contribution in [2.45, 2.75) is 6.92 Å². The van der Waals surface area contributed by atoms with Crippen LogP contribution in [0.3, 0.4) is 0 Å². The van der Waals surface area contributed by atoms with Crippen molar-refractivity contribution < 1.29 is 8.86 Å². The van der Waals surface area contributed by atoms with E-state index in [-0.39, 0.29) is 28.0 Å². The maximum atomic E-state index is 9.54. The van der Waals surface area contributed by atoms with Crippen molar-refractivity contribution in [3.63, 3.8) is 0 Å². The molecule has 0 radical (unpaired) electrons. The smallest absolute Gasteiger partial charge is 0.259 e. The summed E-state index contributed by atoms with van der Waals surface area (Å²) < 4.78 is 7.37. The van der Waals surface area contributed by atoms with E-state index in [9.17, 15) is 21.0 Å². The van der Waals surface area contributed by atoms with Crippen molar-refractivity contribution in [3.05, 3.63) is 88.7 Å². The molecule has 0 unspecified atom stereocenters. The van der Waals surface area contributed by atoms with Crippen LogP contribution in [0.1, 0.15) is 27.8 Å². The van der Waals surface area contributed by atoms with Gasteiger partial charge in [0.25, 0.3) is 5.17 Å². The monoisotopic (exact) mass is 436 g/mol. The molecule has 0 aliphatic heterocycles. The number of nitrogens with zero attached hydrogens (tertiary/aromatic N) is 6. The fraction of sp³-hybridized carbons (Fsp3) is 0.0435. The van der Waals surface area contributed by atoms with Crippen molar-refractivity contribution >= 4 is 22.9 Å². The van der Waals surface area contributed by atoms with Gasteiger partial charge in [0.05, 0.1) is 16.8 Å². The van der Waals surface area contributed by atoms with E-state index in [1.165, 1.54) is 6.07 Å². The predicted octanol–water partition coefficient (Wildman–Crippen LogP) is 3.73. The third kappa shape index (κ3) is 5.01. The van der Waals surface area contributed by atoms with Crippen LogP contribution < -0.4 is 14.3 Å². The number of pyridine rings is 1. The number of nitriles is 4. The molecular weight excluding hydrogens is 422 g/mol. The van der Waals surface area contributed by atoms with Crippen LogP contribution in [-0.2, 0) is 0 Å². The molecule has 2 aromatic carbocycles. The topological polar surface area (TPSA) is 133 Å². The lowest BCUT2D eigenvalue weighted by Crippen LogP contribution is -2.46. The van der Waals surface area contributed by atoms with Crippen molar-refractivity contribution in [3.8, 4) is 30.0 Å². The van der Waals surface area contributed by atoms with Gasteiger partial charge in [-0.05, 0) is 25.1 Å². The van der Waals surface area contributed by atoms with Crippen LogP contribution in [0.25, 0.3) is 0 Å². The average molecular weight is 436 g/mol. The van der Waals surface area contributed by atoms with Crippen LogP contribution >= 0.6 is 12.0 Å². The maximum absolute atomic E-state index is 9.54. The van der Waals surface area contributed by atoms with E-state index in [4.69, 9.17) is 4.18 Å². The molecule has 8 nitrogen and oxygen atoms in total. The van der Waals surface area contributed by atoms with E-state index in [0.29, 0.717) is 10.9 Å². The zero-order chi connectivity index (χ0) is 22.9. The summed E-state index contributed by atoms with van der Waals surface area (Å²) in [5.74, 6) is -0.160. The lowest BCUT2D eigenvalue weighted by Gasteiger charge is -2.11. The number of hydrogen-bond donors (Lipinski definition) is 1. The lowest BCUT2D eigenvalue weighted by molar-refractivity contribution is -0.639. The molecule has 3 aromatic rings. The van der Waals surface area contributed by atoms with Crippen molar-refractivity contribution in [2.24, 2.45) is 4.99 Å². The van der Waals surface area contributed by atoms with E-state index in [1.807, 2.05) is 73.7 Å². The summed E-state index contributed by atoms with van der Waals surface area (Å²) in [6, 6.07) is 21.7. The largest absolute Gasteiger partial charge is 0.414 e. The number of benzene rings is 2. The van der Waals surface area contributed by atoms with Gasteiger partial charge in [-0.15, -0.1) is 5.43 Å². The summed E-state index contributed by atoms with van der Waals surface area (Å²) in [7, 11) is 0. The summed E-state index contributed by atoms with van der Waals surface area (Å²) in [6.45, 7) is 1.96. The Balaban J connectivity index is 2.02. The second kappa shape index (κ2) is 10.3. The molecule has 32 heavy (non-hydrogen) atoms. The van der Waals surface area contributed by atoms with Crippen molar-refractivity contribution in [1.82, 2.24) is 0 Å². The SMILES string of the molecule is Cc1ccc(N=C(N[n+]2ccccc2)SOc2c(C#N)c(C#N)cc(C#N)c2C#N)cc1. The minimum atomic E-state index is -0.160. The molecule has 0 aliphatic carbocycles. The Hall–Kier alpha value is -4.83. The quantitative estimate of drug-likeness (QED) is 0.285. The fourth-order valence-electron chi connectivity index (χ4n) is 2.60. The Bertz CT molecular complexity index is 1290. The number of nitrogens with one attached hydrogen (secondary N) is 1. The predicted molar refractivity (Wildman–Crippen MR) is 118 cm³/mol. The lowest BCUT2D eigenvalue weighted by atomic mass is 9.99. The summed E-state index contributed by atoms with van der Waals surface area (Å²) >= 11 is 0.763. The van der Waals surface area contributed by atoms with E-state index in [1.54, 1.807) is 17.1 Å². The Morgan fingerprint density at radius 3 is 2.03 bits per heavy atom. The zero-order valence-electron chi connectivity index (χ0n) is 16.8. The third-order valence-corrected chi connectivity index (χ3v) is 4.75. The van der Waals surface area contributed by atoms with Gasteiger partial charge in [-0.1, -0.05) is 28.4 Å². The first-order valence-electron chi connectivity index (χ1n) is 9.14. The highest BCUT2D eigenvalue weighted by Crippen LogP contribution is 2.32. The molecule has 0 saturated heterocycles. The number of amidine groups is 1. The Morgan fingerprint density at radius 1 is 0.906 bits per heavy atom. The summed E-state index contributed by atoms with van der Waals surface area (Å²) in [4.78, 5) is 4.53. The van der Waals surface area contributed by atoms with E-state index in [0.717, 1.165) is 17.6 Å². The highest BCUT2D eigenvalue weighted by molar-refractivity contribution is 8.10. The molecule has 0 saturated carbocycles. The molecule has 0 aliphatic rings. The number of aryl methyl sites for hydroxylation is 1. The second-order valence-electron chi connectivity index (χ2n) is 6.31. The van der Waals surface area contributed by atoms with Crippen LogP contribution in [0.5, 0.6) is 5.75 Å². The van der Waals surface area contributed by atoms with Gasteiger partial charge in [-0.25, -0.2) is 4.99 Å². The van der Waals surface area contributed by atoms with Crippen molar-refractivity contribution in [1.29, 1.82) is 21.0 Å². The van der Waals surface area contributed by atoms with Gasteiger partial charge in [0.15, 0.2) is 18.1 Å². The first-order valence-corrected chi connectivity index (χ1v) is 9.88. The van der Waals surface area contributed by atoms with Gasteiger partial charge in [0.1, 0.15) is 47.4 Å². The highest BCUT2D eigenvalue weighted by atomic mass is 32.2. The van der Waals surface area contributed by atoms with Gasteiger partial charge in [-0.3, -0.25) is 0 Å². The molecule has 1 heterocycles. The molecule has 1 aromatic heterocycles. The van der Waals surface area contributed by atoms with E-state index < -0.39 is 0 Å². The normalized spacial score (nSPS) is 10.2. The van der Waals surface area contributed by atoms with Gasteiger partial charge in [-0.2, -0.15) is 21.0 Å². The number of aliphatic imine (C=N–C) groups is 1. The number of aromatic nitrogens is 1. The molecule has 152 valence electrons. The first kappa shape index (κ1) is 21.9. The molecule has 0 amide bonds. The fourth-order valence-corrected chi connectivity index (χ4v) is 3.22. The summed E-state index contributed by atoms with van der Waals surface area (Å²) in [5.41, 5.74) is 4.42. The van der Waals surface area contributed by atoms with Crippen LogP contribution in [0.4, 0.5) is 5.69 Å². The minimum Gasteiger partial charge on any atom is -0.414 e. The molecule has 0 spiro atoms. The standard InChI is InChI=1S/C23H14N7OS/c1-16-5-7-19(8-6-16)28-23(29-30-9-3-2-4-10-30)32-31-22-20(14-26)17(12-24)11-18(13-25)21(22)15-27/h2-11H,1H3,(H,28,29)/q+1. The molecule has 0 fully saturated rings. The second-order valence-corrected chi connectivity index (χ2v) is 7.03. The van der Waals surface area contributed by atoms with Gasteiger partial charge in [0.2, 0.25) is 0 Å². The van der Waals surface area contributed by atoms with Gasteiger partial charge < -0.3 is 4.18 Å². The van der Waals surface area contributed by atoms with Crippen LogP contribution in [0, 0.1) is 52.2 Å². The van der Waals surface area contributed by atoms with Gasteiger partial charge in [0, 0.05) is 12.1 Å². The van der Waals surface area contributed by atoms with E-state index >= 15 is 0 Å². The Labute approximate surface area is 189 Å². The zero-order valence-corrected chi connectivity index (χ0v) is 17.6. The van der Waals surface area contributed by atoms with E-state index in [2.05, 4.69) is 10.4 Å². The third-order valence-electron chi connectivity index (χ3n) is 4.15. The first-order chi connectivity index (χ1) is 15.6. The Kier molecular flexibility index (Phi) is 7.02. The number of hydrogen-bond acceptors (Lipinski definition) is 7. The molecule has 1 N–H and O–H groups in total. The maximum Gasteiger partial charge on any atom is 0.259 e. The molecule has 0 atom stereocenters. The van der Waals surface area contributed by atoms with Crippen LogP contribution in [-0.4, -0.2) is 5.17 Å². The van der Waals surface area contributed by atoms with Crippen LogP contribution in [0.15, 0.2) is 65.9 Å². The van der Waals surface area contributed by atoms with Crippen molar-refractivity contribution in [2.75, 3.05) is 5.43 Å². The highest BCUT2D eigenvalue weighted by Gasteiger charge is 2.22. The average Bonchev–Trinajstić information content (AvgIpc) is 2.83. The van der Waals surface area contributed by atoms with Crippen LogP contribution in [0.2, 0.25) is 0 Å². The number of rotatable bonds is 4. The molecule has 9 heteroatoms. The minimum absolute atomic E-state index is 0.0546.